The minimum atomic E-state index is -3.78. The molecule has 0 fully saturated rings. The third-order valence-corrected chi connectivity index (χ3v) is 4.34. The lowest BCUT2D eigenvalue weighted by Gasteiger charge is -2.15. The minimum absolute atomic E-state index is 0.0891. The summed E-state index contributed by atoms with van der Waals surface area (Å²) in [6.45, 7) is 2.35. The highest BCUT2D eigenvalue weighted by Gasteiger charge is 2.25. The Morgan fingerprint density at radius 1 is 1.14 bits per heavy atom. The van der Waals surface area contributed by atoms with E-state index in [2.05, 4.69) is 4.98 Å². The monoisotopic (exact) mass is 407 g/mol. The molecule has 0 radical (unpaired) electrons. The van der Waals surface area contributed by atoms with Crippen LogP contribution in [0.1, 0.15) is 24.6 Å². The number of hydrogen-bond acceptors (Lipinski definition) is 7. The average Bonchev–Trinajstić information content (AvgIpc) is 2.66. The van der Waals surface area contributed by atoms with Gasteiger partial charge < -0.3 is 9.47 Å². The van der Waals surface area contributed by atoms with E-state index in [1.165, 1.54) is 0 Å². The van der Waals surface area contributed by atoms with E-state index in [0.29, 0.717) is 12.4 Å². The molecule has 2 rings (SSSR count). The molecule has 7 nitrogen and oxygen atoms in total. The highest BCUT2D eigenvalue weighted by atomic mass is 32.2. The van der Waals surface area contributed by atoms with E-state index in [1.807, 2.05) is 18.2 Å². The summed E-state index contributed by atoms with van der Waals surface area (Å²) in [6.07, 6.45) is 3.23. The van der Waals surface area contributed by atoms with Crippen LogP contribution in [-0.2, 0) is 36.7 Å². The van der Waals surface area contributed by atoms with Gasteiger partial charge in [0, 0.05) is 18.3 Å². The third kappa shape index (κ3) is 8.06. The highest BCUT2D eigenvalue weighted by molar-refractivity contribution is 7.86. The van der Waals surface area contributed by atoms with Gasteiger partial charge in [-0.05, 0) is 49.6 Å². The number of carbonyl (C=O) groups is 1. The second-order valence-electron chi connectivity index (χ2n) is 6.16. The standard InChI is InChI=1S/C20H25NO6S/c1-3-25-20(22)19(27-28(2,23)24)15-16-9-11-18(12-10-16)26-14-6-8-17-7-4-5-13-21-17/h4-5,7,9-13,19H,3,6,8,14-15H2,1-2H3. The summed E-state index contributed by atoms with van der Waals surface area (Å²) >= 11 is 0. The van der Waals surface area contributed by atoms with E-state index in [4.69, 9.17) is 13.7 Å². The Labute approximate surface area is 165 Å². The first kappa shape index (κ1) is 21.8. The van der Waals surface area contributed by atoms with Gasteiger partial charge in [-0.15, -0.1) is 0 Å². The molecule has 0 saturated heterocycles. The molecule has 0 amide bonds. The summed E-state index contributed by atoms with van der Waals surface area (Å²) in [5.41, 5.74) is 1.76. The quantitative estimate of drug-likeness (QED) is 0.321. The van der Waals surface area contributed by atoms with Crippen LogP contribution in [0.2, 0.25) is 0 Å². The number of pyridine rings is 1. The lowest BCUT2D eigenvalue weighted by molar-refractivity contribution is -0.151. The van der Waals surface area contributed by atoms with Crippen LogP contribution in [0.3, 0.4) is 0 Å². The van der Waals surface area contributed by atoms with Gasteiger partial charge in [-0.2, -0.15) is 8.42 Å². The van der Waals surface area contributed by atoms with Crippen LogP contribution in [0.15, 0.2) is 48.7 Å². The fourth-order valence-corrected chi connectivity index (χ4v) is 3.10. The molecule has 0 aliphatic heterocycles. The largest absolute Gasteiger partial charge is 0.494 e. The maximum atomic E-state index is 11.9. The number of benzene rings is 1. The molecule has 0 aliphatic rings. The number of aromatic nitrogens is 1. The van der Waals surface area contributed by atoms with Gasteiger partial charge in [-0.3, -0.25) is 9.17 Å². The molecule has 2 aromatic rings. The highest BCUT2D eigenvalue weighted by Crippen LogP contribution is 2.16. The fourth-order valence-electron chi connectivity index (χ4n) is 2.53. The van der Waals surface area contributed by atoms with Gasteiger partial charge in [0.25, 0.3) is 10.1 Å². The van der Waals surface area contributed by atoms with Gasteiger partial charge in [0.05, 0.1) is 19.5 Å². The molecular weight excluding hydrogens is 382 g/mol. The van der Waals surface area contributed by atoms with Crippen molar-refractivity contribution in [3.05, 3.63) is 59.9 Å². The number of nitrogens with zero attached hydrogens (tertiary/aromatic N) is 1. The van der Waals surface area contributed by atoms with Gasteiger partial charge in [-0.25, -0.2) is 4.79 Å². The van der Waals surface area contributed by atoms with Crippen molar-refractivity contribution in [1.82, 2.24) is 4.98 Å². The molecule has 1 atom stereocenters. The molecular formula is C20H25NO6S. The summed E-state index contributed by atoms with van der Waals surface area (Å²) in [5.74, 6) is -0.00994. The second kappa shape index (κ2) is 10.8. The topological polar surface area (TPSA) is 91.8 Å². The van der Waals surface area contributed by atoms with Crippen LogP contribution in [-0.4, -0.2) is 44.9 Å². The molecule has 1 aromatic heterocycles. The maximum absolute atomic E-state index is 11.9. The van der Waals surface area contributed by atoms with Crippen LogP contribution in [0.5, 0.6) is 5.75 Å². The van der Waals surface area contributed by atoms with Gasteiger partial charge >= 0.3 is 5.97 Å². The normalized spacial score (nSPS) is 12.4. The first-order valence-electron chi connectivity index (χ1n) is 9.04. The molecule has 0 N–H and O–H groups in total. The molecule has 1 aromatic carbocycles. The van der Waals surface area contributed by atoms with Gasteiger partial charge in [0.15, 0.2) is 6.10 Å². The average molecular weight is 407 g/mol. The molecule has 0 bridgehead atoms. The van der Waals surface area contributed by atoms with Crippen molar-refractivity contribution in [2.24, 2.45) is 0 Å². The maximum Gasteiger partial charge on any atom is 0.337 e. The molecule has 1 heterocycles. The van der Waals surface area contributed by atoms with E-state index >= 15 is 0 Å². The molecule has 152 valence electrons. The predicted octanol–water partition coefficient (Wildman–Crippen LogP) is 2.54. The number of carbonyl (C=O) groups excluding carboxylic acids is 1. The van der Waals surface area contributed by atoms with Crippen molar-refractivity contribution in [2.45, 2.75) is 32.3 Å². The molecule has 0 aliphatic carbocycles. The Morgan fingerprint density at radius 3 is 2.50 bits per heavy atom. The predicted molar refractivity (Wildman–Crippen MR) is 105 cm³/mol. The Balaban J connectivity index is 1.86. The van der Waals surface area contributed by atoms with E-state index in [-0.39, 0.29) is 13.0 Å². The number of ether oxygens (including phenoxy) is 2. The summed E-state index contributed by atoms with van der Waals surface area (Å²) in [4.78, 5) is 16.2. The number of rotatable bonds is 11. The third-order valence-electron chi connectivity index (χ3n) is 3.76. The van der Waals surface area contributed by atoms with Crippen molar-refractivity contribution in [2.75, 3.05) is 19.5 Å². The van der Waals surface area contributed by atoms with E-state index < -0.39 is 22.2 Å². The number of hydrogen-bond donors (Lipinski definition) is 0. The van der Waals surface area contributed by atoms with Crippen LogP contribution < -0.4 is 4.74 Å². The minimum Gasteiger partial charge on any atom is -0.494 e. The van der Waals surface area contributed by atoms with Crippen molar-refractivity contribution >= 4 is 16.1 Å². The van der Waals surface area contributed by atoms with Crippen LogP contribution in [0, 0.1) is 0 Å². The smallest absolute Gasteiger partial charge is 0.337 e. The molecule has 8 heteroatoms. The summed E-state index contributed by atoms with van der Waals surface area (Å²) in [6, 6.07) is 12.9. The van der Waals surface area contributed by atoms with Crippen LogP contribution in [0.4, 0.5) is 0 Å². The molecule has 0 saturated carbocycles. The Morgan fingerprint density at radius 2 is 1.89 bits per heavy atom. The van der Waals surface area contributed by atoms with Gasteiger partial charge in [-0.1, -0.05) is 18.2 Å². The van der Waals surface area contributed by atoms with Crippen molar-refractivity contribution in [3.8, 4) is 5.75 Å². The zero-order valence-corrected chi connectivity index (χ0v) is 16.9. The Kier molecular flexibility index (Phi) is 8.41. The molecule has 28 heavy (non-hydrogen) atoms. The van der Waals surface area contributed by atoms with E-state index in [1.54, 1.807) is 37.4 Å². The van der Waals surface area contributed by atoms with Gasteiger partial charge in [0.2, 0.25) is 0 Å². The lowest BCUT2D eigenvalue weighted by atomic mass is 10.1. The van der Waals surface area contributed by atoms with E-state index in [9.17, 15) is 13.2 Å². The molecule has 0 spiro atoms. The Bertz CT molecular complexity index is 837. The van der Waals surface area contributed by atoms with Crippen LogP contribution >= 0.6 is 0 Å². The second-order valence-corrected chi connectivity index (χ2v) is 7.76. The van der Waals surface area contributed by atoms with Crippen molar-refractivity contribution in [3.63, 3.8) is 0 Å². The van der Waals surface area contributed by atoms with Crippen LogP contribution in [0.25, 0.3) is 0 Å². The zero-order valence-electron chi connectivity index (χ0n) is 16.0. The number of aryl methyl sites for hydroxylation is 1. The lowest BCUT2D eigenvalue weighted by Crippen LogP contribution is -2.31. The summed E-state index contributed by atoms with van der Waals surface area (Å²) in [5, 5.41) is 0. The SMILES string of the molecule is CCOC(=O)C(Cc1ccc(OCCCc2ccccn2)cc1)OS(C)(=O)=O. The van der Waals surface area contributed by atoms with Crippen molar-refractivity contribution in [1.29, 1.82) is 0 Å². The first-order valence-corrected chi connectivity index (χ1v) is 10.9. The van der Waals surface area contributed by atoms with E-state index in [0.717, 1.165) is 30.4 Å². The zero-order chi connectivity index (χ0) is 20.4. The van der Waals surface area contributed by atoms with Crippen molar-refractivity contribution < 1.29 is 26.9 Å². The fraction of sp³-hybridized carbons (Fsp3) is 0.400. The number of esters is 1. The summed E-state index contributed by atoms with van der Waals surface area (Å²) in [7, 11) is -3.78. The summed E-state index contributed by atoms with van der Waals surface area (Å²) < 4.78 is 38.2. The first-order chi connectivity index (χ1) is 13.4. The van der Waals surface area contributed by atoms with Gasteiger partial charge in [0.1, 0.15) is 5.75 Å². The molecule has 1 unspecified atom stereocenters. The Hall–Kier alpha value is -2.45.